The number of likely N-dealkylation sites (tertiary alicyclic amines) is 1. The SMILES string of the molecule is CNc1cnc(CC2CCCN(C(=O)c3ocnc3C)CC2)cn1. The minimum Gasteiger partial charge on any atom is -0.438 e. The maximum absolute atomic E-state index is 12.5. The van der Waals surface area contributed by atoms with Crippen LogP contribution in [0.25, 0.3) is 0 Å². The quantitative estimate of drug-likeness (QED) is 0.926. The number of carbonyl (C=O) groups excluding carboxylic acids is 1. The van der Waals surface area contributed by atoms with Gasteiger partial charge in [-0.3, -0.25) is 9.78 Å². The molecule has 1 unspecified atom stereocenters. The van der Waals surface area contributed by atoms with Crippen molar-refractivity contribution in [3.8, 4) is 0 Å². The van der Waals surface area contributed by atoms with Crippen LogP contribution in [0.3, 0.4) is 0 Å². The Morgan fingerprint density at radius 1 is 1.29 bits per heavy atom. The molecule has 1 saturated heterocycles. The molecule has 0 saturated carbocycles. The summed E-state index contributed by atoms with van der Waals surface area (Å²) >= 11 is 0. The summed E-state index contributed by atoms with van der Waals surface area (Å²) in [6, 6.07) is 0. The standard InChI is InChI=1S/C17H23N5O2/c1-12-16(24-11-21-12)17(23)22-6-3-4-13(5-7-22)8-14-9-20-15(18-2)10-19-14/h9-11,13H,3-8H2,1-2H3,(H,18,20). The van der Waals surface area contributed by atoms with Crippen LogP contribution in [0.4, 0.5) is 5.82 Å². The van der Waals surface area contributed by atoms with Crippen LogP contribution in [-0.2, 0) is 6.42 Å². The molecule has 7 nitrogen and oxygen atoms in total. The number of nitrogens with one attached hydrogen (secondary N) is 1. The average molecular weight is 329 g/mol. The van der Waals surface area contributed by atoms with Crippen molar-refractivity contribution in [1.29, 1.82) is 0 Å². The van der Waals surface area contributed by atoms with Gasteiger partial charge in [0.25, 0.3) is 5.91 Å². The van der Waals surface area contributed by atoms with Gasteiger partial charge in [-0.25, -0.2) is 9.97 Å². The van der Waals surface area contributed by atoms with Gasteiger partial charge in [-0.2, -0.15) is 0 Å². The summed E-state index contributed by atoms with van der Waals surface area (Å²) in [4.78, 5) is 27.2. The first-order valence-corrected chi connectivity index (χ1v) is 8.35. The van der Waals surface area contributed by atoms with E-state index in [-0.39, 0.29) is 5.91 Å². The third kappa shape index (κ3) is 3.72. The molecule has 1 atom stereocenters. The van der Waals surface area contributed by atoms with Crippen molar-refractivity contribution in [3.63, 3.8) is 0 Å². The Balaban J connectivity index is 1.58. The Labute approximate surface area is 141 Å². The fourth-order valence-corrected chi connectivity index (χ4v) is 3.11. The molecule has 2 aromatic heterocycles. The lowest BCUT2D eigenvalue weighted by Gasteiger charge is -2.19. The van der Waals surface area contributed by atoms with Crippen LogP contribution in [-0.4, -0.2) is 45.9 Å². The Bertz CT molecular complexity index is 683. The van der Waals surface area contributed by atoms with Gasteiger partial charge in [0, 0.05) is 20.1 Å². The third-order valence-electron chi connectivity index (χ3n) is 4.53. The molecular weight excluding hydrogens is 306 g/mol. The zero-order chi connectivity index (χ0) is 16.9. The van der Waals surface area contributed by atoms with E-state index >= 15 is 0 Å². The summed E-state index contributed by atoms with van der Waals surface area (Å²) in [5, 5.41) is 2.97. The van der Waals surface area contributed by atoms with E-state index in [1.807, 2.05) is 18.1 Å². The Hall–Kier alpha value is -2.44. The van der Waals surface area contributed by atoms with Crippen molar-refractivity contribution in [1.82, 2.24) is 19.9 Å². The fraction of sp³-hybridized carbons (Fsp3) is 0.529. The van der Waals surface area contributed by atoms with Crippen LogP contribution in [0.1, 0.15) is 41.2 Å². The van der Waals surface area contributed by atoms with Crippen LogP contribution in [0.5, 0.6) is 0 Å². The summed E-state index contributed by atoms with van der Waals surface area (Å²) in [5.41, 5.74) is 1.66. The van der Waals surface area contributed by atoms with Crippen LogP contribution < -0.4 is 5.32 Å². The van der Waals surface area contributed by atoms with Crippen molar-refractivity contribution in [2.45, 2.75) is 32.6 Å². The second-order valence-electron chi connectivity index (χ2n) is 6.20. The molecule has 1 aliphatic rings. The molecule has 1 N–H and O–H groups in total. The zero-order valence-electron chi connectivity index (χ0n) is 14.2. The van der Waals surface area contributed by atoms with Gasteiger partial charge < -0.3 is 14.6 Å². The lowest BCUT2D eigenvalue weighted by atomic mass is 9.95. The number of nitrogens with zero attached hydrogens (tertiary/aromatic N) is 4. The van der Waals surface area contributed by atoms with E-state index in [2.05, 4.69) is 20.3 Å². The van der Waals surface area contributed by atoms with E-state index < -0.39 is 0 Å². The number of anilines is 1. The number of oxazole rings is 1. The number of amides is 1. The molecule has 24 heavy (non-hydrogen) atoms. The van der Waals surface area contributed by atoms with Crippen LogP contribution >= 0.6 is 0 Å². The highest BCUT2D eigenvalue weighted by Gasteiger charge is 2.25. The maximum atomic E-state index is 12.5. The highest BCUT2D eigenvalue weighted by molar-refractivity contribution is 5.92. The third-order valence-corrected chi connectivity index (χ3v) is 4.53. The zero-order valence-corrected chi connectivity index (χ0v) is 14.2. The molecule has 1 amide bonds. The van der Waals surface area contributed by atoms with Crippen LogP contribution in [0.2, 0.25) is 0 Å². The summed E-state index contributed by atoms with van der Waals surface area (Å²) in [7, 11) is 1.83. The molecule has 0 radical (unpaired) electrons. The first-order valence-electron chi connectivity index (χ1n) is 8.35. The number of hydrogen-bond acceptors (Lipinski definition) is 6. The van der Waals surface area contributed by atoms with E-state index in [0.29, 0.717) is 17.4 Å². The van der Waals surface area contributed by atoms with Gasteiger partial charge in [0.2, 0.25) is 5.76 Å². The van der Waals surface area contributed by atoms with Gasteiger partial charge in [0.15, 0.2) is 6.39 Å². The van der Waals surface area contributed by atoms with Crippen molar-refractivity contribution < 1.29 is 9.21 Å². The van der Waals surface area contributed by atoms with E-state index in [9.17, 15) is 4.79 Å². The predicted molar refractivity (Wildman–Crippen MR) is 89.8 cm³/mol. The number of rotatable bonds is 4. The van der Waals surface area contributed by atoms with E-state index in [1.54, 1.807) is 13.1 Å². The number of aromatic nitrogens is 3. The molecule has 7 heteroatoms. The van der Waals surface area contributed by atoms with Crippen LogP contribution in [0, 0.1) is 12.8 Å². The number of hydrogen-bond donors (Lipinski definition) is 1. The topological polar surface area (TPSA) is 84.2 Å². The fourth-order valence-electron chi connectivity index (χ4n) is 3.11. The van der Waals surface area contributed by atoms with Gasteiger partial charge in [0.05, 0.1) is 23.8 Å². The molecule has 2 aromatic rings. The lowest BCUT2D eigenvalue weighted by molar-refractivity contribution is 0.0727. The van der Waals surface area contributed by atoms with Crippen molar-refractivity contribution in [3.05, 3.63) is 35.9 Å². The number of aryl methyl sites for hydroxylation is 1. The van der Waals surface area contributed by atoms with Gasteiger partial charge in [-0.05, 0) is 38.5 Å². The van der Waals surface area contributed by atoms with Crippen molar-refractivity contribution in [2.24, 2.45) is 5.92 Å². The van der Waals surface area contributed by atoms with Crippen LogP contribution in [0.15, 0.2) is 23.2 Å². The maximum Gasteiger partial charge on any atom is 0.291 e. The summed E-state index contributed by atoms with van der Waals surface area (Å²) in [5.74, 6) is 1.61. The van der Waals surface area contributed by atoms with E-state index in [4.69, 9.17) is 4.42 Å². The minimum absolute atomic E-state index is 0.0520. The lowest BCUT2D eigenvalue weighted by Crippen LogP contribution is -2.32. The highest BCUT2D eigenvalue weighted by atomic mass is 16.3. The Morgan fingerprint density at radius 3 is 2.83 bits per heavy atom. The first kappa shape index (κ1) is 16.4. The minimum atomic E-state index is -0.0520. The first-order chi connectivity index (χ1) is 11.7. The molecule has 1 aliphatic heterocycles. The molecule has 128 valence electrons. The van der Waals surface area contributed by atoms with E-state index in [0.717, 1.165) is 50.3 Å². The van der Waals surface area contributed by atoms with Gasteiger partial charge in [-0.15, -0.1) is 0 Å². The van der Waals surface area contributed by atoms with Gasteiger partial charge >= 0.3 is 0 Å². The predicted octanol–water partition coefficient (Wildman–Crippen LogP) is 2.30. The molecule has 0 spiro atoms. The summed E-state index contributed by atoms with van der Waals surface area (Å²) in [6.07, 6.45) is 8.87. The van der Waals surface area contributed by atoms with Crippen molar-refractivity contribution in [2.75, 3.05) is 25.5 Å². The molecule has 0 aliphatic carbocycles. The molecule has 0 bridgehead atoms. The molecule has 3 heterocycles. The monoisotopic (exact) mass is 329 g/mol. The molecule has 1 fully saturated rings. The Kier molecular flexibility index (Phi) is 5.08. The normalized spacial score (nSPS) is 18.2. The second-order valence-corrected chi connectivity index (χ2v) is 6.20. The smallest absolute Gasteiger partial charge is 0.291 e. The molecule has 3 rings (SSSR count). The summed E-state index contributed by atoms with van der Waals surface area (Å²) in [6.45, 7) is 3.30. The second kappa shape index (κ2) is 7.42. The number of carbonyl (C=O) groups is 1. The summed E-state index contributed by atoms with van der Waals surface area (Å²) < 4.78 is 5.24. The van der Waals surface area contributed by atoms with Gasteiger partial charge in [0.1, 0.15) is 5.82 Å². The van der Waals surface area contributed by atoms with Crippen molar-refractivity contribution >= 4 is 11.7 Å². The highest BCUT2D eigenvalue weighted by Crippen LogP contribution is 2.22. The molecule has 0 aromatic carbocycles. The Morgan fingerprint density at radius 2 is 2.17 bits per heavy atom. The average Bonchev–Trinajstić information content (AvgIpc) is 2.89. The van der Waals surface area contributed by atoms with Gasteiger partial charge in [-0.1, -0.05) is 0 Å². The van der Waals surface area contributed by atoms with E-state index in [1.165, 1.54) is 6.39 Å². The largest absolute Gasteiger partial charge is 0.438 e. The molecular formula is C17H23N5O2.